The van der Waals surface area contributed by atoms with Crippen molar-refractivity contribution >= 4 is 5.69 Å². The van der Waals surface area contributed by atoms with Crippen LogP contribution in [0.2, 0.25) is 0 Å². The Hall–Kier alpha value is -2.67. The topological polar surface area (TPSA) is 45.5 Å². The number of benzene rings is 2. The molecule has 0 bridgehead atoms. The summed E-state index contributed by atoms with van der Waals surface area (Å²) in [6.45, 7) is 3.26. The lowest BCUT2D eigenvalue weighted by Gasteiger charge is -2.36. The van der Waals surface area contributed by atoms with Crippen LogP contribution in [0.1, 0.15) is 56.9 Å². The number of ether oxygens (including phenoxy) is 2. The summed E-state index contributed by atoms with van der Waals surface area (Å²) in [7, 11) is 0. The molecule has 0 amide bonds. The highest BCUT2D eigenvalue weighted by molar-refractivity contribution is 5.79. The number of anilines is 1. The molecule has 2 aliphatic heterocycles. The molecule has 0 aromatic heterocycles. The second-order valence-corrected chi connectivity index (χ2v) is 9.34. The number of nitriles is 1. The molecule has 1 aliphatic carbocycles. The molecule has 162 valence electrons. The van der Waals surface area contributed by atoms with E-state index in [0.29, 0.717) is 13.2 Å². The van der Waals surface area contributed by atoms with E-state index >= 15 is 0 Å². The summed E-state index contributed by atoms with van der Waals surface area (Å²) in [4.78, 5) is 2.43. The molecule has 3 aliphatic rings. The monoisotopic (exact) mass is 416 g/mol. The zero-order valence-electron chi connectivity index (χ0n) is 18.3. The van der Waals surface area contributed by atoms with Crippen LogP contribution in [0.5, 0.6) is 11.5 Å². The Morgan fingerprint density at radius 3 is 2.39 bits per heavy atom. The molecule has 2 aromatic rings. The highest BCUT2D eigenvalue weighted by Gasteiger charge is 2.25. The first kappa shape index (κ1) is 20.2. The summed E-state index contributed by atoms with van der Waals surface area (Å²) in [6, 6.07) is 14.7. The van der Waals surface area contributed by atoms with Gasteiger partial charge in [0.15, 0.2) is 11.5 Å². The van der Waals surface area contributed by atoms with Crippen molar-refractivity contribution < 1.29 is 9.47 Å². The van der Waals surface area contributed by atoms with E-state index in [1.165, 1.54) is 51.4 Å². The molecule has 5 rings (SSSR count). The van der Waals surface area contributed by atoms with Crippen LogP contribution in [0, 0.1) is 23.2 Å². The molecule has 2 aromatic carbocycles. The first-order chi connectivity index (χ1) is 15.3. The Labute approximate surface area is 185 Å². The third-order valence-electron chi connectivity index (χ3n) is 7.35. The quantitative estimate of drug-likeness (QED) is 0.597. The van der Waals surface area contributed by atoms with Gasteiger partial charge in [-0.2, -0.15) is 5.26 Å². The van der Waals surface area contributed by atoms with Crippen LogP contribution < -0.4 is 14.4 Å². The van der Waals surface area contributed by atoms with Gasteiger partial charge in [0.25, 0.3) is 0 Å². The van der Waals surface area contributed by atoms with Crippen LogP contribution in [0.25, 0.3) is 11.1 Å². The van der Waals surface area contributed by atoms with Crippen molar-refractivity contribution in [3.05, 3.63) is 42.0 Å². The van der Waals surface area contributed by atoms with Gasteiger partial charge in [-0.3, -0.25) is 0 Å². The molecule has 0 radical (unpaired) electrons. The van der Waals surface area contributed by atoms with Gasteiger partial charge < -0.3 is 14.4 Å². The highest BCUT2D eigenvalue weighted by Crippen LogP contribution is 2.39. The molecule has 2 fully saturated rings. The summed E-state index contributed by atoms with van der Waals surface area (Å²) in [6.07, 6.45) is 11.1. The number of hydrogen-bond acceptors (Lipinski definition) is 4. The molecular formula is C27H32N2O2. The lowest BCUT2D eigenvalue weighted by Crippen LogP contribution is -2.35. The Morgan fingerprint density at radius 1 is 0.871 bits per heavy atom. The molecule has 4 nitrogen and oxygen atoms in total. The number of nitrogens with zero attached hydrogens (tertiary/aromatic N) is 2. The molecule has 0 atom stereocenters. The Bertz CT molecular complexity index is 950. The van der Waals surface area contributed by atoms with Gasteiger partial charge in [-0.1, -0.05) is 50.3 Å². The number of piperidine rings is 1. The third kappa shape index (κ3) is 4.37. The van der Waals surface area contributed by atoms with Crippen LogP contribution in [0.4, 0.5) is 5.69 Å². The molecule has 0 unspecified atom stereocenters. The van der Waals surface area contributed by atoms with Gasteiger partial charge in [-0.15, -0.1) is 0 Å². The minimum atomic E-state index is 0.567. The largest absolute Gasteiger partial charge is 0.486 e. The molecule has 1 saturated carbocycles. The van der Waals surface area contributed by atoms with Gasteiger partial charge in [0.05, 0.1) is 11.3 Å². The molecule has 0 N–H and O–H groups in total. The van der Waals surface area contributed by atoms with Crippen molar-refractivity contribution in [1.82, 2.24) is 0 Å². The minimum Gasteiger partial charge on any atom is -0.486 e. The predicted molar refractivity (Wildman–Crippen MR) is 124 cm³/mol. The standard InChI is InChI=1S/C27H32N2O2/c28-19-24-23(22-9-10-26-27(18-22)31-16-15-30-26)7-4-8-25(24)29-13-11-21(12-14-29)17-20-5-2-1-3-6-20/h4,7-10,18,20-21H,1-3,5-6,11-17H2. The van der Waals surface area contributed by atoms with E-state index in [4.69, 9.17) is 9.47 Å². The number of fused-ring (bicyclic) bond motifs is 1. The summed E-state index contributed by atoms with van der Waals surface area (Å²) in [5.41, 5.74) is 3.83. The Balaban J connectivity index is 1.32. The minimum absolute atomic E-state index is 0.567. The van der Waals surface area contributed by atoms with E-state index in [9.17, 15) is 5.26 Å². The number of hydrogen-bond donors (Lipinski definition) is 0. The second kappa shape index (κ2) is 9.22. The molecular weight excluding hydrogens is 384 g/mol. The van der Waals surface area contributed by atoms with Crippen molar-refractivity contribution in [3.63, 3.8) is 0 Å². The van der Waals surface area contributed by atoms with Gasteiger partial charge in [0, 0.05) is 18.7 Å². The molecule has 0 spiro atoms. The van der Waals surface area contributed by atoms with Crippen LogP contribution in [0.15, 0.2) is 36.4 Å². The van der Waals surface area contributed by atoms with Gasteiger partial charge in [-0.25, -0.2) is 0 Å². The summed E-state index contributed by atoms with van der Waals surface area (Å²) in [5.74, 6) is 3.36. The molecule has 31 heavy (non-hydrogen) atoms. The normalized spacial score (nSPS) is 19.8. The number of rotatable bonds is 4. The first-order valence-electron chi connectivity index (χ1n) is 12.0. The van der Waals surface area contributed by atoms with E-state index < -0.39 is 0 Å². The van der Waals surface area contributed by atoms with Crippen LogP contribution in [-0.4, -0.2) is 26.3 Å². The van der Waals surface area contributed by atoms with Gasteiger partial charge in [-0.05, 0) is 54.9 Å². The highest BCUT2D eigenvalue weighted by atomic mass is 16.6. The van der Waals surface area contributed by atoms with Crippen molar-refractivity contribution in [2.24, 2.45) is 11.8 Å². The zero-order chi connectivity index (χ0) is 21.0. The molecule has 1 saturated heterocycles. The van der Waals surface area contributed by atoms with Crippen LogP contribution in [-0.2, 0) is 0 Å². The van der Waals surface area contributed by atoms with Crippen LogP contribution >= 0.6 is 0 Å². The van der Waals surface area contributed by atoms with E-state index in [1.54, 1.807) is 0 Å². The maximum atomic E-state index is 10.1. The van der Waals surface area contributed by atoms with Crippen molar-refractivity contribution in [1.29, 1.82) is 5.26 Å². The lowest BCUT2D eigenvalue weighted by atomic mass is 9.80. The zero-order valence-corrected chi connectivity index (χ0v) is 18.3. The fourth-order valence-corrected chi connectivity index (χ4v) is 5.68. The summed E-state index contributed by atoms with van der Waals surface area (Å²) < 4.78 is 11.4. The van der Waals surface area contributed by atoms with E-state index in [-0.39, 0.29) is 0 Å². The maximum absolute atomic E-state index is 10.1. The molecule has 4 heteroatoms. The molecule has 2 heterocycles. The van der Waals surface area contributed by atoms with Gasteiger partial charge in [0.1, 0.15) is 19.3 Å². The van der Waals surface area contributed by atoms with Gasteiger partial charge in [0.2, 0.25) is 0 Å². The average Bonchev–Trinajstić information content (AvgIpc) is 2.84. The third-order valence-corrected chi connectivity index (χ3v) is 7.35. The van der Waals surface area contributed by atoms with E-state index in [1.807, 2.05) is 24.3 Å². The Morgan fingerprint density at radius 2 is 1.61 bits per heavy atom. The lowest BCUT2D eigenvalue weighted by molar-refractivity contribution is 0.171. The Kier molecular flexibility index (Phi) is 6.02. The van der Waals surface area contributed by atoms with Crippen LogP contribution in [0.3, 0.4) is 0 Å². The maximum Gasteiger partial charge on any atom is 0.161 e. The fourth-order valence-electron chi connectivity index (χ4n) is 5.68. The smallest absolute Gasteiger partial charge is 0.161 e. The SMILES string of the molecule is N#Cc1c(-c2ccc3c(c2)OCCO3)cccc1N1CCC(CC2CCCCC2)CC1. The second-order valence-electron chi connectivity index (χ2n) is 9.34. The van der Waals surface area contributed by atoms with Gasteiger partial charge >= 0.3 is 0 Å². The van der Waals surface area contributed by atoms with Crippen molar-refractivity contribution in [3.8, 4) is 28.7 Å². The van der Waals surface area contributed by atoms with Crippen molar-refractivity contribution in [2.75, 3.05) is 31.2 Å². The summed E-state index contributed by atoms with van der Waals surface area (Å²) >= 11 is 0. The predicted octanol–water partition coefficient (Wildman–Crippen LogP) is 6.18. The average molecular weight is 417 g/mol. The van der Waals surface area contributed by atoms with E-state index in [2.05, 4.69) is 23.1 Å². The summed E-state index contributed by atoms with van der Waals surface area (Å²) in [5, 5.41) is 10.1. The van der Waals surface area contributed by atoms with Crippen molar-refractivity contribution in [2.45, 2.75) is 51.4 Å². The fraction of sp³-hybridized carbons (Fsp3) is 0.519. The first-order valence-corrected chi connectivity index (χ1v) is 12.0. The van der Waals surface area contributed by atoms with E-state index in [0.717, 1.165) is 58.8 Å².